The minimum atomic E-state index is -0.519. The number of hydrogen-bond acceptors (Lipinski definition) is 3. The Balaban J connectivity index is 1.57. The van der Waals surface area contributed by atoms with Gasteiger partial charge < -0.3 is 14.8 Å². The molecule has 0 fully saturated rings. The Labute approximate surface area is 150 Å². The van der Waals surface area contributed by atoms with Crippen LogP contribution in [0.3, 0.4) is 0 Å². The van der Waals surface area contributed by atoms with Gasteiger partial charge in [0, 0.05) is 16.6 Å². The van der Waals surface area contributed by atoms with E-state index in [4.69, 9.17) is 4.42 Å². The van der Waals surface area contributed by atoms with Gasteiger partial charge >= 0.3 is 0 Å². The number of rotatable bonds is 6. The minimum absolute atomic E-state index is 0.484. The number of aliphatic hydroxyl groups excluding tert-OH is 1. The molecule has 0 unspecified atom stereocenters. The van der Waals surface area contributed by atoms with E-state index in [0.717, 1.165) is 27.1 Å². The Bertz CT molecular complexity index is 798. The molecule has 1 heterocycles. The topological polar surface area (TPSA) is 45.4 Å². The van der Waals surface area contributed by atoms with Crippen LogP contribution in [0.2, 0.25) is 0 Å². The highest BCUT2D eigenvalue weighted by Crippen LogP contribution is 2.26. The van der Waals surface area contributed by atoms with Crippen molar-refractivity contribution in [1.82, 2.24) is 5.32 Å². The van der Waals surface area contributed by atoms with Crippen molar-refractivity contribution < 1.29 is 9.52 Å². The molecule has 0 aliphatic rings. The first-order chi connectivity index (χ1) is 11.6. The van der Waals surface area contributed by atoms with Crippen molar-refractivity contribution in [3.63, 3.8) is 0 Å². The smallest absolute Gasteiger partial charge is 0.134 e. The van der Waals surface area contributed by atoms with Gasteiger partial charge in [-0.2, -0.15) is 0 Å². The molecule has 2 N–H and O–H groups in total. The van der Waals surface area contributed by atoms with Crippen LogP contribution >= 0.6 is 15.9 Å². The Hall–Kier alpha value is -1.88. The van der Waals surface area contributed by atoms with Crippen molar-refractivity contribution in [2.45, 2.75) is 19.6 Å². The van der Waals surface area contributed by atoms with Crippen LogP contribution in [0.4, 0.5) is 0 Å². The van der Waals surface area contributed by atoms with Gasteiger partial charge in [-0.1, -0.05) is 52.3 Å². The molecule has 2 aromatic carbocycles. The minimum Gasteiger partial charge on any atom is -0.460 e. The lowest BCUT2D eigenvalue weighted by atomic mass is 10.1. The number of aryl methyl sites for hydroxylation is 1. The molecule has 0 spiro atoms. The number of aliphatic hydroxyl groups is 1. The first kappa shape index (κ1) is 17.0. The zero-order chi connectivity index (χ0) is 16.9. The molecule has 0 radical (unpaired) electrons. The van der Waals surface area contributed by atoms with E-state index in [1.807, 2.05) is 54.6 Å². The first-order valence-corrected chi connectivity index (χ1v) is 8.72. The maximum Gasteiger partial charge on any atom is 0.134 e. The van der Waals surface area contributed by atoms with Crippen molar-refractivity contribution in [3.8, 4) is 11.3 Å². The van der Waals surface area contributed by atoms with Crippen LogP contribution in [0.1, 0.15) is 23.0 Å². The normalized spacial score (nSPS) is 12.3. The molecule has 0 aliphatic carbocycles. The summed E-state index contributed by atoms with van der Waals surface area (Å²) in [5.41, 5.74) is 3.15. The zero-order valence-electron chi connectivity index (χ0n) is 13.5. The highest BCUT2D eigenvalue weighted by atomic mass is 79.9. The van der Waals surface area contributed by atoms with Crippen molar-refractivity contribution in [1.29, 1.82) is 0 Å². The molecule has 3 rings (SSSR count). The summed E-state index contributed by atoms with van der Waals surface area (Å²) < 4.78 is 6.98. The molecule has 1 aromatic heterocycles. The summed E-state index contributed by atoms with van der Waals surface area (Å²) in [4.78, 5) is 0. The SMILES string of the molecule is Cc1cc(-c2ccc(CNC[C@H](O)c3ccccc3)o2)ccc1Br. The van der Waals surface area contributed by atoms with Gasteiger partial charge in [-0.15, -0.1) is 0 Å². The fourth-order valence-electron chi connectivity index (χ4n) is 2.55. The van der Waals surface area contributed by atoms with E-state index < -0.39 is 6.10 Å². The van der Waals surface area contributed by atoms with Gasteiger partial charge in [-0.3, -0.25) is 0 Å². The van der Waals surface area contributed by atoms with E-state index in [1.165, 1.54) is 5.56 Å². The summed E-state index contributed by atoms with van der Waals surface area (Å²) in [5.74, 6) is 1.71. The standard InChI is InChI=1S/C20H20BrNO2/c1-14-11-16(7-9-18(14)21)20-10-8-17(24-20)12-22-13-19(23)15-5-3-2-4-6-15/h2-11,19,22-23H,12-13H2,1H3/t19-/m0/s1. The third-order valence-electron chi connectivity index (χ3n) is 3.93. The second-order valence-electron chi connectivity index (χ2n) is 5.79. The van der Waals surface area contributed by atoms with E-state index in [1.54, 1.807) is 0 Å². The summed E-state index contributed by atoms with van der Waals surface area (Å²) in [6.45, 7) is 3.13. The van der Waals surface area contributed by atoms with Crippen LogP contribution in [0.5, 0.6) is 0 Å². The van der Waals surface area contributed by atoms with Gasteiger partial charge in [-0.05, 0) is 42.3 Å². The molecule has 3 nitrogen and oxygen atoms in total. The quantitative estimate of drug-likeness (QED) is 0.637. The van der Waals surface area contributed by atoms with Gasteiger partial charge in [0.05, 0.1) is 12.6 Å². The number of benzene rings is 2. The average Bonchev–Trinajstić information content (AvgIpc) is 3.07. The van der Waals surface area contributed by atoms with Crippen LogP contribution in [-0.2, 0) is 6.54 Å². The molecular formula is C20H20BrNO2. The number of halogens is 1. The van der Waals surface area contributed by atoms with Crippen LogP contribution in [-0.4, -0.2) is 11.7 Å². The third-order valence-corrected chi connectivity index (χ3v) is 4.82. The van der Waals surface area contributed by atoms with Crippen LogP contribution in [0, 0.1) is 6.92 Å². The van der Waals surface area contributed by atoms with E-state index in [2.05, 4.69) is 34.2 Å². The highest BCUT2D eigenvalue weighted by molar-refractivity contribution is 9.10. The zero-order valence-corrected chi connectivity index (χ0v) is 15.1. The van der Waals surface area contributed by atoms with E-state index in [0.29, 0.717) is 13.1 Å². The van der Waals surface area contributed by atoms with Gasteiger partial charge in [0.25, 0.3) is 0 Å². The largest absolute Gasteiger partial charge is 0.460 e. The van der Waals surface area contributed by atoms with Crippen molar-refractivity contribution in [2.75, 3.05) is 6.54 Å². The lowest BCUT2D eigenvalue weighted by Crippen LogP contribution is -2.20. The van der Waals surface area contributed by atoms with Gasteiger partial charge in [0.1, 0.15) is 11.5 Å². The maximum absolute atomic E-state index is 10.1. The summed E-state index contributed by atoms with van der Waals surface area (Å²) >= 11 is 3.51. The summed E-state index contributed by atoms with van der Waals surface area (Å²) in [7, 11) is 0. The predicted molar refractivity (Wildman–Crippen MR) is 99.7 cm³/mol. The Morgan fingerprint density at radius 3 is 2.62 bits per heavy atom. The van der Waals surface area contributed by atoms with Crippen LogP contribution < -0.4 is 5.32 Å². The maximum atomic E-state index is 10.1. The predicted octanol–water partition coefficient (Wildman–Crippen LogP) is 4.84. The van der Waals surface area contributed by atoms with Crippen molar-refractivity contribution in [3.05, 3.63) is 82.0 Å². The Kier molecular flexibility index (Phi) is 5.51. The Morgan fingerprint density at radius 1 is 1.08 bits per heavy atom. The van der Waals surface area contributed by atoms with Crippen LogP contribution in [0.15, 0.2) is 69.6 Å². The molecule has 4 heteroatoms. The lowest BCUT2D eigenvalue weighted by Gasteiger charge is -2.11. The summed E-state index contributed by atoms with van der Waals surface area (Å²) in [6.07, 6.45) is -0.519. The number of hydrogen-bond donors (Lipinski definition) is 2. The molecule has 0 saturated carbocycles. The fourth-order valence-corrected chi connectivity index (χ4v) is 2.80. The molecule has 0 aliphatic heterocycles. The van der Waals surface area contributed by atoms with Gasteiger partial charge in [0.15, 0.2) is 0 Å². The second-order valence-corrected chi connectivity index (χ2v) is 6.64. The van der Waals surface area contributed by atoms with E-state index >= 15 is 0 Å². The summed E-state index contributed by atoms with van der Waals surface area (Å²) in [6, 6.07) is 19.8. The molecule has 0 saturated heterocycles. The van der Waals surface area contributed by atoms with Crippen molar-refractivity contribution >= 4 is 15.9 Å². The first-order valence-electron chi connectivity index (χ1n) is 7.92. The molecule has 3 aromatic rings. The Morgan fingerprint density at radius 2 is 1.88 bits per heavy atom. The molecule has 24 heavy (non-hydrogen) atoms. The van der Waals surface area contributed by atoms with Gasteiger partial charge in [-0.25, -0.2) is 0 Å². The van der Waals surface area contributed by atoms with E-state index in [9.17, 15) is 5.11 Å². The van der Waals surface area contributed by atoms with Crippen LogP contribution in [0.25, 0.3) is 11.3 Å². The van der Waals surface area contributed by atoms with E-state index in [-0.39, 0.29) is 0 Å². The summed E-state index contributed by atoms with van der Waals surface area (Å²) in [5, 5.41) is 13.4. The van der Waals surface area contributed by atoms with Gasteiger partial charge in [0.2, 0.25) is 0 Å². The fraction of sp³-hybridized carbons (Fsp3) is 0.200. The van der Waals surface area contributed by atoms with Crippen molar-refractivity contribution in [2.24, 2.45) is 0 Å². The highest BCUT2D eigenvalue weighted by Gasteiger charge is 2.09. The molecule has 0 bridgehead atoms. The number of nitrogens with one attached hydrogen (secondary N) is 1. The monoisotopic (exact) mass is 385 g/mol. The average molecular weight is 386 g/mol. The molecule has 1 atom stereocenters. The molecule has 0 amide bonds. The number of furan rings is 1. The molecule has 124 valence electrons. The third kappa shape index (κ3) is 4.15. The second kappa shape index (κ2) is 7.79. The lowest BCUT2D eigenvalue weighted by molar-refractivity contribution is 0.173. The molecular weight excluding hydrogens is 366 g/mol.